The van der Waals surface area contributed by atoms with Gasteiger partial charge in [-0.2, -0.15) is 10.5 Å². The van der Waals surface area contributed by atoms with E-state index in [-0.39, 0.29) is 12.2 Å². The zero-order chi connectivity index (χ0) is 19.8. The third kappa shape index (κ3) is 5.10. The Kier molecular flexibility index (Phi) is 6.57. The summed E-state index contributed by atoms with van der Waals surface area (Å²) >= 11 is 0. The Labute approximate surface area is 158 Å². The molecular weight excluding hydrogens is 342 g/mol. The highest BCUT2D eigenvalue weighted by molar-refractivity contribution is 6.09. The van der Waals surface area contributed by atoms with Crippen molar-refractivity contribution in [1.82, 2.24) is 0 Å². The van der Waals surface area contributed by atoms with E-state index in [0.717, 1.165) is 11.1 Å². The number of nitrogens with one attached hydrogen (secondary N) is 1. The summed E-state index contributed by atoms with van der Waals surface area (Å²) in [6.07, 6.45) is 1.47. The molecule has 0 radical (unpaired) electrons. The summed E-state index contributed by atoms with van der Waals surface area (Å²) in [5.41, 5.74) is 3.36. The summed E-state index contributed by atoms with van der Waals surface area (Å²) in [5.74, 6) is 0.324. The number of anilines is 1. The van der Waals surface area contributed by atoms with E-state index in [1.54, 1.807) is 24.3 Å². The van der Waals surface area contributed by atoms with E-state index in [9.17, 15) is 10.1 Å². The van der Waals surface area contributed by atoms with Gasteiger partial charge < -0.3 is 14.8 Å². The molecule has 2 rings (SSSR count). The molecule has 0 atom stereocenters. The number of carbonyl (C=O) groups is 1. The summed E-state index contributed by atoms with van der Waals surface area (Å²) in [7, 11) is 1.47. The van der Waals surface area contributed by atoms with Crippen LogP contribution in [-0.2, 0) is 4.79 Å². The lowest BCUT2D eigenvalue weighted by molar-refractivity contribution is -0.112. The van der Waals surface area contributed by atoms with Gasteiger partial charge in [-0.3, -0.25) is 4.79 Å². The van der Waals surface area contributed by atoms with Crippen LogP contribution in [0.4, 0.5) is 5.69 Å². The molecule has 0 aromatic heterocycles. The van der Waals surface area contributed by atoms with Crippen LogP contribution in [-0.4, -0.2) is 19.6 Å². The van der Waals surface area contributed by atoms with Crippen molar-refractivity contribution in [1.29, 1.82) is 10.5 Å². The minimum Gasteiger partial charge on any atom is -0.493 e. The molecule has 0 saturated carbocycles. The van der Waals surface area contributed by atoms with E-state index in [2.05, 4.69) is 5.32 Å². The highest BCUT2D eigenvalue weighted by atomic mass is 16.5. The summed E-state index contributed by atoms with van der Waals surface area (Å²) in [6.45, 7) is 3.83. The van der Waals surface area contributed by atoms with Crippen LogP contribution in [0.25, 0.3) is 6.08 Å². The molecule has 0 heterocycles. The van der Waals surface area contributed by atoms with Crippen LogP contribution in [0.1, 0.15) is 16.7 Å². The first-order valence-corrected chi connectivity index (χ1v) is 8.16. The van der Waals surface area contributed by atoms with Crippen LogP contribution < -0.4 is 14.8 Å². The number of hydrogen-bond acceptors (Lipinski definition) is 5. The van der Waals surface area contributed by atoms with Crippen molar-refractivity contribution in [2.45, 2.75) is 13.8 Å². The van der Waals surface area contributed by atoms with Gasteiger partial charge in [0.2, 0.25) is 0 Å². The molecule has 27 heavy (non-hydrogen) atoms. The van der Waals surface area contributed by atoms with E-state index < -0.39 is 5.91 Å². The summed E-state index contributed by atoms with van der Waals surface area (Å²) in [4.78, 5) is 12.4. The molecule has 0 spiro atoms. The number of ether oxygens (including phenoxy) is 2. The van der Waals surface area contributed by atoms with Crippen LogP contribution in [0, 0.1) is 36.5 Å². The van der Waals surface area contributed by atoms with Gasteiger partial charge in [0, 0.05) is 5.69 Å². The Bertz CT molecular complexity index is 966. The van der Waals surface area contributed by atoms with E-state index in [0.29, 0.717) is 22.7 Å². The molecule has 1 amide bonds. The average molecular weight is 361 g/mol. The molecule has 0 fully saturated rings. The van der Waals surface area contributed by atoms with Gasteiger partial charge in [-0.25, -0.2) is 0 Å². The number of methoxy groups -OCH3 is 1. The molecule has 0 aliphatic carbocycles. The Balaban J connectivity index is 2.24. The van der Waals surface area contributed by atoms with Crippen LogP contribution in [0.3, 0.4) is 0 Å². The lowest BCUT2D eigenvalue weighted by atomic mass is 10.1. The summed E-state index contributed by atoms with van der Waals surface area (Å²) in [5, 5.41) is 20.7. The second kappa shape index (κ2) is 9.07. The Morgan fingerprint density at radius 1 is 1.11 bits per heavy atom. The predicted molar refractivity (Wildman–Crippen MR) is 102 cm³/mol. The van der Waals surface area contributed by atoms with Crippen molar-refractivity contribution < 1.29 is 14.3 Å². The fourth-order valence-electron chi connectivity index (χ4n) is 2.34. The third-order valence-electron chi connectivity index (χ3n) is 3.92. The maximum atomic E-state index is 12.4. The lowest BCUT2D eigenvalue weighted by Gasteiger charge is -2.09. The Hall–Kier alpha value is -3.77. The number of carbonyl (C=O) groups excluding carboxylic acids is 1. The molecule has 0 saturated heterocycles. The maximum Gasteiger partial charge on any atom is 0.266 e. The zero-order valence-electron chi connectivity index (χ0n) is 15.4. The molecule has 1 N–H and O–H groups in total. The highest BCUT2D eigenvalue weighted by Crippen LogP contribution is 2.29. The number of rotatable bonds is 6. The van der Waals surface area contributed by atoms with Crippen molar-refractivity contribution >= 4 is 17.7 Å². The highest BCUT2D eigenvalue weighted by Gasteiger charge is 2.11. The van der Waals surface area contributed by atoms with Gasteiger partial charge in [-0.05, 0) is 60.9 Å². The smallest absolute Gasteiger partial charge is 0.266 e. The minimum absolute atomic E-state index is 0.0408. The van der Waals surface area contributed by atoms with E-state index >= 15 is 0 Å². The van der Waals surface area contributed by atoms with Gasteiger partial charge in [-0.1, -0.05) is 12.1 Å². The molecule has 0 aliphatic heterocycles. The first-order valence-electron chi connectivity index (χ1n) is 8.16. The normalized spacial score (nSPS) is 10.5. The fraction of sp³-hybridized carbons (Fsp3) is 0.190. The van der Waals surface area contributed by atoms with Crippen LogP contribution >= 0.6 is 0 Å². The molecule has 2 aromatic carbocycles. The van der Waals surface area contributed by atoms with Gasteiger partial charge in [0.1, 0.15) is 17.7 Å². The first-order chi connectivity index (χ1) is 13.0. The van der Waals surface area contributed by atoms with Gasteiger partial charge in [0.05, 0.1) is 7.11 Å². The predicted octanol–water partition coefficient (Wildman–Crippen LogP) is 3.76. The van der Waals surface area contributed by atoms with E-state index in [1.165, 1.54) is 13.2 Å². The molecule has 0 aliphatic rings. The van der Waals surface area contributed by atoms with Gasteiger partial charge in [0.25, 0.3) is 5.91 Å². The van der Waals surface area contributed by atoms with Gasteiger partial charge in [-0.15, -0.1) is 0 Å². The van der Waals surface area contributed by atoms with Gasteiger partial charge >= 0.3 is 0 Å². The number of amides is 1. The average Bonchev–Trinajstić information content (AvgIpc) is 2.67. The summed E-state index contributed by atoms with van der Waals surface area (Å²) < 4.78 is 10.5. The SMILES string of the molecule is COc1cc(/C=C(\C#N)C(=O)Nc2ccc(C)c(C)c2)ccc1OCC#N. The number of benzene rings is 2. The minimum atomic E-state index is -0.496. The van der Waals surface area contributed by atoms with Crippen LogP contribution in [0.5, 0.6) is 11.5 Å². The quantitative estimate of drug-likeness (QED) is 0.624. The molecule has 6 nitrogen and oxygen atoms in total. The number of nitriles is 2. The first kappa shape index (κ1) is 19.6. The second-order valence-electron chi connectivity index (χ2n) is 5.78. The molecule has 0 bridgehead atoms. The molecule has 2 aromatic rings. The van der Waals surface area contributed by atoms with Crippen molar-refractivity contribution in [3.8, 4) is 23.6 Å². The van der Waals surface area contributed by atoms with Crippen molar-refractivity contribution in [2.75, 3.05) is 19.0 Å². The number of hydrogen-bond donors (Lipinski definition) is 1. The molecular formula is C21H19N3O3. The summed E-state index contributed by atoms with van der Waals surface area (Å²) in [6, 6.07) is 14.3. The maximum absolute atomic E-state index is 12.4. The van der Waals surface area contributed by atoms with Crippen LogP contribution in [0.2, 0.25) is 0 Å². The number of nitrogens with zero attached hydrogens (tertiary/aromatic N) is 2. The second-order valence-corrected chi connectivity index (χ2v) is 5.78. The topological polar surface area (TPSA) is 95.1 Å². The Morgan fingerprint density at radius 2 is 1.89 bits per heavy atom. The Morgan fingerprint density at radius 3 is 2.52 bits per heavy atom. The van der Waals surface area contributed by atoms with E-state index in [4.69, 9.17) is 14.7 Å². The van der Waals surface area contributed by atoms with E-state index in [1.807, 2.05) is 38.1 Å². The molecule has 6 heteroatoms. The van der Waals surface area contributed by atoms with Crippen LogP contribution in [0.15, 0.2) is 42.0 Å². The van der Waals surface area contributed by atoms with Crippen molar-refractivity contribution in [3.05, 3.63) is 58.7 Å². The van der Waals surface area contributed by atoms with Crippen molar-refractivity contribution in [2.24, 2.45) is 0 Å². The number of aryl methyl sites for hydroxylation is 2. The largest absolute Gasteiger partial charge is 0.493 e. The standard InChI is InChI=1S/C21H19N3O3/c1-14-4-6-18(10-15(14)2)24-21(25)17(13-23)11-16-5-7-19(27-9-8-22)20(12-16)26-3/h4-7,10-12H,9H2,1-3H3,(H,24,25)/b17-11+. The lowest BCUT2D eigenvalue weighted by Crippen LogP contribution is -2.13. The third-order valence-corrected chi connectivity index (χ3v) is 3.92. The fourth-order valence-corrected chi connectivity index (χ4v) is 2.34. The molecule has 0 unspecified atom stereocenters. The monoisotopic (exact) mass is 361 g/mol. The molecule has 136 valence electrons. The van der Waals surface area contributed by atoms with Gasteiger partial charge in [0.15, 0.2) is 18.1 Å². The zero-order valence-corrected chi connectivity index (χ0v) is 15.4. The van der Waals surface area contributed by atoms with Crippen molar-refractivity contribution in [3.63, 3.8) is 0 Å².